The highest BCUT2D eigenvalue weighted by molar-refractivity contribution is 6.69. The van der Waals surface area contributed by atoms with E-state index in [4.69, 9.17) is 19.6 Å². The summed E-state index contributed by atoms with van der Waals surface area (Å²) in [6.07, 6.45) is -1.09. The first-order valence-corrected chi connectivity index (χ1v) is 11.6. The van der Waals surface area contributed by atoms with Crippen LogP contribution in [0.3, 0.4) is 0 Å². The number of nitro benzene ring substituents is 2. The van der Waals surface area contributed by atoms with Crippen LogP contribution in [-0.4, -0.2) is 45.8 Å². The van der Waals surface area contributed by atoms with Gasteiger partial charge in [0.2, 0.25) is 12.7 Å². The fourth-order valence-electron chi connectivity index (χ4n) is 3.86. The molecule has 0 saturated carbocycles. The number of benzene rings is 3. The number of carbonyl (C=O) groups excluding carboxylic acids is 2. The lowest BCUT2D eigenvalue weighted by atomic mass is 10.0. The first-order chi connectivity index (χ1) is 19.7. The minimum absolute atomic E-state index is 0.0106. The fraction of sp³-hybridized carbons (Fsp3) is 0.0800. The first-order valence-electron chi connectivity index (χ1n) is 11.6. The molecular formula is C25H17N7O9. The van der Waals surface area contributed by atoms with Crippen molar-refractivity contribution in [2.45, 2.75) is 6.10 Å². The lowest BCUT2D eigenvalue weighted by Gasteiger charge is -2.11. The van der Waals surface area contributed by atoms with Gasteiger partial charge in [-0.25, -0.2) is 10.9 Å². The van der Waals surface area contributed by atoms with Gasteiger partial charge in [-0.3, -0.25) is 35.2 Å². The van der Waals surface area contributed by atoms with Gasteiger partial charge in [-0.15, -0.1) is 0 Å². The van der Waals surface area contributed by atoms with Crippen molar-refractivity contribution in [3.05, 3.63) is 104 Å². The van der Waals surface area contributed by atoms with Gasteiger partial charge in [0, 0.05) is 41.0 Å². The minimum Gasteiger partial charge on any atom is -0.461 e. The molecule has 2 heterocycles. The van der Waals surface area contributed by atoms with Crippen molar-refractivity contribution < 1.29 is 33.6 Å². The summed E-state index contributed by atoms with van der Waals surface area (Å²) >= 11 is 0. The van der Waals surface area contributed by atoms with Crippen LogP contribution >= 0.6 is 0 Å². The van der Waals surface area contributed by atoms with Gasteiger partial charge >= 0.3 is 0 Å². The van der Waals surface area contributed by atoms with Crippen LogP contribution in [-0.2, 0) is 4.74 Å². The quantitative estimate of drug-likeness (QED) is 0.286. The molecule has 0 aromatic heterocycles. The Morgan fingerprint density at radius 2 is 1.41 bits per heavy atom. The largest absolute Gasteiger partial charge is 0.461 e. The van der Waals surface area contributed by atoms with Gasteiger partial charge in [0.25, 0.3) is 23.2 Å². The second-order valence-electron chi connectivity index (χ2n) is 8.39. The zero-order valence-corrected chi connectivity index (χ0v) is 20.6. The van der Waals surface area contributed by atoms with Crippen molar-refractivity contribution in [3.63, 3.8) is 0 Å². The number of nitro groups is 2. The Hall–Kier alpha value is -6.19. The number of fused-ring (bicyclic) bond motifs is 1. The van der Waals surface area contributed by atoms with E-state index in [-0.39, 0.29) is 40.7 Å². The van der Waals surface area contributed by atoms with Gasteiger partial charge in [0.1, 0.15) is 5.71 Å². The number of ether oxygens (including phenoxy) is 3. The molecule has 41 heavy (non-hydrogen) atoms. The third-order valence-electron chi connectivity index (χ3n) is 5.83. The molecule has 5 rings (SSSR count). The van der Waals surface area contributed by atoms with E-state index in [2.05, 4.69) is 21.1 Å². The zero-order chi connectivity index (χ0) is 29.1. The predicted octanol–water partition coefficient (Wildman–Crippen LogP) is 2.85. The summed E-state index contributed by atoms with van der Waals surface area (Å²) in [4.78, 5) is 46.3. The Morgan fingerprint density at radius 3 is 2.02 bits per heavy atom. The molecule has 0 bridgehead atoms. The van der Waals surface area contributed by atoms with Gasteiger partial charge in [0.15, 0.2) is 23.3 Å². The molecule has 0 aliphatic carbocycles. The fourth-order valence-corrected chi connectivity index (χ4v) is 3.86. The highest BCUT2D eigenvalue weighted by atomic mass is 16.7. The first kappa shape index (κ1) is 26.4. The number of rotatable bonds is 7. The maximum absolute atomic E-state index is 12.8. The third kappa shape index (κ3) is 5.51. The summed E-state index contributed by atoms with van der Waals surface area (Å²) < 4.78 is 16.4. The van der Waals surface area contributed by atoms with Crippen molar-refractivity contribution in [2.75, 3.05) is 6.79 Å². The molecule has 206 valence electrons. The lowest BCUT2D eigenvalue weighted by molar-refractivity contribution is -0.385. The second-order valence-corrected chi connectivity index (χ2v) is 8.39. The van der Waals surface area contributed by atoms with Gasteiger partial charge in [-0.1, -0.05) is 18.2 Å². The summed E-state index contributed by atoms with van der Waals surface area (Å²) in [5.74, 6) is -1.24. The van der Waals surface area contributed by atoms with E-state index in [9.17, 15) is 29.8 Å². The third-order valence-corrected chi connectivity index (χ3v) is 5.83. The maximum Gasteiger partial charge on any atom is 0.271 e. The van der Waals surface area contributed by atoms with Crippen LogP contribution in [0.4, 0.5) is 11.4 Å². The van der Waals surface area contributed by atoms with Crippen LogP contribution in [0.2, 0.25) is 0 Å². The Morgan fingerprint density at radius 1 is 0.829 bits per heavy atom. The van der Waals surface area contributed by atoms with Crippen LogP contribution in [0, 0.1) is 25.6 Å². The lowest BCUT2D eigenvalue weighted by Crippen LogP contribution is -2.28. The zero-order valence-electron chi connectivity index (χ0n) is 20.6. The van der Waals surface area contributed by atoms with Gasteiger partial charge in [-0.2, -0.15) is 10.2 Å². The average Bonchev–Trinajstić information content (AvgIpc) is 3.57. The smallest absolute Gasteiger partial charge is 0.271 e. The van der Waals surface area contributed by atoms with E-state index < -0.39 is 33.7 Å². The van der Waals surface area contributed by atoms with Crippen LogP contribution in [0.5, 0.6) is 11.5 Å². The molecule has 2 aliphatic heterocycles. The Balaban J connectivity index is 1.46. The average molecular weight is 559 g/mol. The van der Waals surface area contributed by atoms with Gasteiger partial charge in [0.05, 0.1) is 9.85 Å². The van der Waals surface area contributed by atoms with E-state index in [0.717, 1.165) is 12.1 Å². The van der Waals surface area contributed by atoms with Crippen LogP contribution < -0.4 is 20.3 Å². The summed E-state index contributed by atoms with van der Waals surface area (Å²) in [5.41, 5.74) is 3.83. The van der Waals surface area contributed by atoms with Crippen LogP contribution in [0.1, 0.15) is 32.4 Å². The summed E-state index contributed by atoms with van der Waals surface area (Å²) in [6.45, 7) is 0.0106. The highest BCUT2D eigenvalue weighted by Gasteiger charge is 2.38. The molecule has 2 amide bonds. The van der Waals surface area contributed by atoms with Crippen LogP contribution in [0.15, 0.2) is 76.9 Å². The molecule has 16 heteroatoms. The van der Waals surface area contributed by atoms with E-state index in [1.54, 1.807) is 18.2 Å². The molecule has 1 unspecified atom stereocenters. The molecule has 1 fully saturated rings. The Bertz CT molecular complexity index is 1690. The van der Waals surface area contributed by atoms with Crippen molar-refractivity contribution in [1.29, 1.82) is 5.41 Å². The van der Waals surface area contributed by atoms with Gasteiger partial charge < -0.3 is 14.2 Å². The van der Waals surface area contributed by atoms with E-state index >= 15 is 0 Å². The molecule has 16 nitrogen and oxygen atoms in total. The topological polar surface area (TPSA) is 221 Å². The summed E-state index contributed by atoms with van der Waals surface area (Å²) in [5, 5.41) is 38.5. The van der Waals surface area contributed by atoms with Gasteiger partial charge in [-0.05, 0) is 24.3 Å². The molecule has 3 aromatic carbocycles. The van der Waals surface area contributed by atoms with E-state index in [1.807, 2.05) is 0 Å². The number of nitrogens with one attached hydrogen (secondary N) is 3. The standard InChI is InChI=1S/C25H17N7O9/c26-23-21(28-30-25(34)15-4-2-6-17(10-15)32(37)38)20(22(41-23)13-7-8-18-19(11-13)40-12-39-18)27-29-24(33)14-3-1-5-16(9-14)31(35)36/h1-11,22,26H,12H2,(H,29,33)(H,30,34)/b26-23?,27-20-,28-21-. The number of hydrazone groups is 2. The molecule has 3 N–H and O–H groups in total. The number of non-ortho nitro benzene ring substituents is 2. The Kier molecular flexibility index (Phi) is 7.02. The van der Waals surface area contributed by atoms with Crippen molar-refractivity contribution in [1.82, 2.24) is 10.9 Å². The van der Waals surface area contributed by atoms with E-state index in [1.165, 1.54) is 36.4 Å². The number of carbonyl (C=O) groups is 2. The molecular weight excluding hydrogens is 542 g/mol. The molecule has 0 radical (unpaired) electrons. The summed E-state index contributed by atoms with van der Waals surface area (Å²) in [6, 6.07) is 14.7. The normalized spacial score (nSPS) is 17.3. The molecule has 2 aliphatic rings. The minimum atomic E-state index is -1.09. The van der Waals surface area contributed by atoms with Crippen molar-refractivity contribution >= 4 is 40.5 Å². The maximum atomic E-state index is 12.8. The highest BCUT2D eigenvalue weighted by Crippen LogP contribution is 2.37. The predicted molar refractivity (Wildman–Crippen MR) is 140 cm³/mol. The number of nitrogens with zero attached hydrogens (tertiary/aromatic N) is 4. The molecule has 0 spiro atoms. The molecule has 3 aromatic rings. The molecule has 1 atom stereocenters. The SMILES string of the molecule is N=C1OC(c2ccc3c(c2)OCO3)C(=N\NC(=O)c2cccc([N+](=O)[O-])c2)/C1=N/NC(=O)c1cccc([N+](=O)[O-])c1. The van der Waals surface area contributed by atoms with Crippen molar-refractivity contribution in [2.24, 2.45) is 10.2 Å². The Labute approximate surface area is 229 Å². The van der Waals surface area contributed by atoms with Crippen molar-refractivity contribution in [3.8, 4) is 11.5 Å². The summed E-state index contributed by atoms with van der Waals surface area (Å²) in [7, 11) is 0. The number of hydrogen-bond donors (Lipinski definition) is 3. The van der Waals surface area contributed by atoms with E-state index in [0.29, 0.717) is 17.1 Å². The van der Waals surface area contributed by atoms with Crippen LogP contribution in [0.25, 0.3) is 0 Å². The number of amides is 2. The second kappa shape index (κ2) is 10.9. The number of hydrogen-bond acceptors (Lipinski definition) is 12. The monoisotopic (exact) mass is 559 g/mol. The molecule has 1 saturated heterocycles.